The van der Waals surface area contributed by atoms with E-state index in [1.807, 2.05) is 0 Å². The van der Waals surface area contributed by atoms with E-state index in [2.05, 4.69) is 4.98 Å². The number of primary amides is 1. The zero-order chi connectivity index (χ0) is 9.84. The molecule has 0 aromatic carbocycles. The van der Waals surface area contributed by atoms with Crippen molar-refractivity contribution < 1.29 is 14.7 Å². The van der Waals surface area contributed by atoms with Crippen LogP contribution >= 0.6 is 0 Å². The summed E-state index contributed by atoms with van der Waals surface area (Å²) in [5, 5.41) is 8.46. The fourth-order valence-corrected chi connectivity index (χ4v) is 0.894. The summed E-state index contributed by atoms with van der Waals surface area (Å²) in [5.41, 5.74) is 5.56. The third kappa shape index (κ3) is 2.55. The number of carboxylic acids is 1. The minimum atomic E-state index is -0.957. The van der Waals surface area contributed by atoms with Gasteiger partial charge < -0.3 is 10.8 Å². The molecule has 1 aromatic heterocycles. The van der Waals surface area contributed by atoms with Crippen molar-refractivity contribution in [3.63, 3.8) is 0 Å². The van der Waals surface area contributed by atoms with E-state index < -0.39 is 11.9 Å². The van der Waals surface area contributed by atoms with Crippen molar-refractivity contribution >= 4 is 11.9 Å². The Balaban J connectivity index is 2.91. The van der Waals surface area contributed by atoms with E-state index in [-0.39, 0.29) is 12.1 Å². The molecule has 5 nitrogen and oxygen atoms in total. The van der Waals surface area contributed by atoms with Gasteiger partial charge in [0.1, 0.15) is 5.69 Å². The Morgan fingerprint density at radius 3 is 2.77 bits per heavy atom. The molecular weight excluding hydrogens is 172 g/mol. The van der Waals surface area contributed by atoms with Gasteiger partial charge in [-0.2, -0.15) is 0 Å². The van der Waals surface area contributed by atoms with E-state index in [1.165, 1.54) is 18.3 Å². The lowest BCUT2D eigenvalue weighted by molar-refractivity contribution is -0.136. The number of rotatable bonds is 3. The molecule has 0 radical (unpaired) electrons. The van der Waals surface area contributed by atoms with Gasteiger partial charge in [0.2, 0.25) is 0 Å². The van der Waals surface area contributed by atoms with Crippen LogP contribution in [0.5, 0.6) is 0 Å². The molecule has 0 atom stereocenters. The summed E-state index contributed by atoms with van der Waals surface area (Å²) in [6, 6.07) is 2.90. The molecule has 0 saturated carbocycles. The number of aromatic nitrogens is 1. The molecule has 0 fully saturated rings. The molecular formula is C8H8N2O3. The van der Waals surface area contributed by atoms with Crippen molar-refractivity contribution in [3.05, 3.63) is 29.6 Å². The van der Waals surface area contributed by atoms with Gasteiger partial charge in [-0.05, 0) is 17.7 Å². The van der Waals surface area contributed by atoms with Gasteiger partial charge in [-0.25, -0.2) is 0 Å². The standard InChI is InChI=1S/C8H8N2O3/c9-8(13)6-3-5(1-2-10-6)4-7(11)12/h1-3H,4H2,(H2,9,13)(H,11,12). The van der Waals surface area contributed by atoms with Gasteiger partial charge in [-0.1, -0.05) is 0 Å². The summed E-state index contributed by atoms with van der Waals surface area (Å²) < 4.78 is 0. The highest BCUT2D eigenvalue weighted by Gasteiger charge is 2.05. The number of hydrogen-bond acceptors (Lipinski definition) is 3. The first-order valence-electron chi connectivity index (χ1n) is 3.56. The molecule has 1 rings (SSSR count). The zero-order valence-electron chi connectivity index (χ0n) is 6.73. The number of aliphatic carboxylic acids is 1. The van der Waals surface area contributed by atoms with Crippen LogP contribution in [0.3, 0.4) is 0 Å². The van der Waals surface area contributed by atoms with E-state index >= 15 is 0 Å². The summed E-state index contributed by atoms with van der Waals surface area (Å²) >= 11 is 0. The molecule has 1 heterocycles. The quantitative estimate of drug-likeness (QED) is 0.674. The van der Waals surface area contributed by atoms with Gasteiger partial charge in [0.15, 0.2) is 0 Å². The number of amides is 1. The van der Waals surface area contributed by atoms with Gasteiger partial charge >= 0.3 is 5.97 Å². The lowest BCUT2D eigenvalue weighted by Crippen LogP contribution is -2.13. The predicted octanol–water partition coefficient (Wildman–Crippen LogP) is -0.192. The zero-order valence-corrected chi connectivity index (χ0v) is 6.73. The van der Waals surface area contributed by atoms with Crippen LogP contribution in [0.15, 0.2) is 18.3 Å². The van der Waals surface area contributed by atoms with E-state index in [9.17, 15) is 9.59 Å². The van der Waals surface area contributed by atoms with Crippen LogP contribution in [0.4, 0.5) is 0 Å². The van der Waals surface area contributed by atoms with Crippen molar-refractivity contribution in [3.8, 4) is 0 Å². The molecule has 0 aliphatic carbocycles. The van der Waals surface area contributed by atoms with Gasteiger partial charge in [0.25, 0.3) is 5.91 Å². The molecule has 68 valence electrons. The van der Waals surface area contributed by atoms with E-state index in [1.54, 1.807) is 0 Å². The van der Waals surface area contributed by atoms with Crippen molar-refractivity contribution in [2.75, 3.05) is 0 Å². The summed E-state index contributed by atoms with van der Waals surface area (Å²) in [6.07, 6.45) is 1.22. The third-order valence-corrected chi connectivity index (χ3v) is 1.43. The lowest BCUT2D eigenvalue weighted by Gasteiger charge is -1.98. The van der Waals surface area contributed by atoms with E-state index in [0.717, 1.165) is 0 Å². The second-order valence-corrected chi connectivity index (χ2v) is 2.48. The van der Waals surface area contributed by atoms with Crippen molar-refractivity contribution in [2.24, 2.45) is 5.73 Å². The van der Waals surface area contributed by atoms with Gasteiger partial charge in [0, 0.05) is 6.20 Å². The minimum Gasteiger partial charge on any atom is -0.481 e. The van der Waals surface area contributed by atoms with Crippen molar-refractivity contribution in [1.29, 1.82) is 0 Å². The molecule has 0 unspecified atom stereocenters. The van der Waals surface area contributed by atoms with Gasteiger partial charge in [0.05, 0.1) is 6.42 Å². The lowest BCUT2D eigenvalue weighted by atomic mass is 10.1. The molecule has 0 bridgehead atoms. The highest BCUT2D eigenvalue weighted by molar-refractivity contribution is 5.91. The summed E-state index contributed by atoms with van der Waals surface area (Å²) in [4.78, 5) is 24.6. The largest absolute Gasteiger partial charge is 0.481 e. The molecule has 5 heteroatoms. The monoisotopic (exact) mass is 180 g/mol. The first-order chi connectivity index (χ1) is 6.09. The SMILES string of the molecule is NC(=O)c1cc(CC(=O)O)ccn1. The Hall–Kier alpha value is -1.91. The molecule has 13 heavy (non-hydrogen) atoms. The van der Waals surface area contributed by atoms with Crippen LogP contribution in [0, 0.1) is 0 Å². The Bertz CT molecular complexity index is 349. The third-order valence-electron chi connectivity index (χ3n) is 1.43. The van der Waals surface area contributed by atoms with Gasteiger partial charge in [-0.3, -0.25) is 14.6 Å². The van der Waals surface area contributed by atoms with E-state index in [0.29, 0.717) is 5.56 Å². The predicted molar refractivity (Wildman–Crippen MR) is 44.1 cm³/mol. The second kappa shape index (κ2) is 3.66. The molecule has 0 saturated heterocycles. The molecule has 0 aliphatic heterocycles. The fraction of sp³-hybridized carbons (Fsp3) is 0.125. The summed E-state index contributed by atoms with van der Waals surface area (Å²) in [6.45, 7) is 0. The smallest absolute Gasteiger partial charge is 0.307 e. The number of carbonyl (C=O) groups excluding carboxylic acids is 1. The van der Waals surface area contributed by atoms with Crippen molar-refractivity contribution in [1.82, 2.24) is 4.98 Å². The number of carboxylic acid groups (broad SMARTS) is 1. The summed E-state index contributed by atoms with van der Waals surface area (Å²) in [5.74, 6) is -1.62. The minimum absolute atomic E-state index is 0.0822. The molecule has 1 amide bonds. The number of nitrogens with two attached hydrogens (primary N) is 1. The second-order valence-electron chi connectivity index (χ2n) is 2.48. The van der Waals surface area contributed by atoms with Crippen LogP contribution in [-0.4, -0.2) is 22.0 Å². The Kier molecular flexibility index (Phi) is 2.59. The van der Waals surface area contributed by atoms with E-state index in [4.69, 9.17) is 10.8 Å². The van der Waals surface area contributed by atoms with Crippen molar-refractivity contribution in [2.45, 2.75) is 6.42 Å². The number of pyridine rings is 1. The maximum absolute atomic E-state index is 10.7. The molecule has 3 N–H and O–H groups in total. The Labute approximate surface area is 74.2 Å². The molecule has 0 aliphatic rings. The first-order valence-corrected chi connectivity index (χ1v) is 3.56. The number of carbonyl (C=O) groups is 2. The number of hydrogen-bond donors (Lipinski definition) is 2. The highest BCUT2D eigenvalue weighted by Crippen LogP contribution is 2.02. The highest BCUT2D eigenvalue weighted by atomic mass is 16.4. The van der Waals surface area contributed by atoms with Crippen LogP contribution in [0.2, 0.25) is 0 Å². The average molecular weight is 180 g/mol. The Morgan fingerprint density at radius 1 is 1.54 bits per heavy atom. The fourth-order valence-electron chi connectivity index (χ4n) is 0.894. The Morgan fingerprint density at radius 2 is 2.23 bits per heavy atom. The van der Waals surface area contributed by atoms with Crippen LogP contribution in [-0.2, 0) is 11.2 Å². The van der Waals surface area contributed by atoms with Gasteiger partial charge in [-0.15, -0.1) is 0 Å². The topological polar surface area (TPSA) is 93.3 Å². The maximum Gasteiger partial charge on any atom is 0.307 e. The van der Waals surface area contributed by atoms with Crippen LogP contribution < -0.4 is 5.73 Å². The molecule has 1 aromatic rings. The molecule has 0 spiro atoms. The summed E-state index contributed by atoms with van der Waals surface area (Å²) in [7, 11) is 0. The number of nitrogens with zero attached hydrogens (tertiary/aromatic N) is 1. The van der Waals surface area contributed by atoms with Crippen LogP contribution in [0.1, 0.15) is 16.1 Å². The van der Waals surface area contributed by atoms with Crippen LogP contribution in [0.25, 0.3) is 0 Å². The normalized spacial score (nSPS) is 9.54. The maximum atomic E-state index is 10.7. The average Bonchev–Trinajstić information content (AvgIpc) is 2.03. The first kappa shape index (κ1) is 9.18.